The van der Waals surface area contributed by atoms with Crippen LogP contribution in [-0.2, 0) is 4.79 Å². The van der Waals surface area contributed by atoms with E-state index in [4.69, 9.17) is 0 Å². The Morgan fingerprint density at radius 1 is 1.14 bits per heavy atom. The van der Waals surface area contributed by atoms with Crippen LogP contribution in [0.25, 0.3) is 11.6 Å². The maximum atomic E-state index is 13.0. The van der Waals surface area contributed by atoms with E-state index in [-0.39, 0.29) is 11.7 Å². The number of fused-ring (bicyclic) bond motifs is 1. The highest BCUT2D eigenvalue weighted by Gasteiger charge is 2.28. The highest BCUT2D eigenvalue weighted by molar-refractivity contribution is 9.11. The zero-order chi connectivity index (χ0) is 15.1. The summed E-state index contributed by atoms with van der Waals surface area (Å²) in [5.74, 6) is -0.452. The van der Waals surface area contributed by atoms with E-state index < -0.39 is 0 Å². The van der Waals surface area contributed by atoms with Crippen LogP contribution in [0, 0.1) is 12.7 Å². The van der Waals surface area contributed by atoms with Gasteiger partial charge in [-0.2, -0.15) is 0 Å². The zero-order valence-corrected chi connectivity index (χ0v) is 14.2. The average Bonchev–Trinajstić information content (AvgIpc) is 2.77. The summed E-state index contributed by atoms with van der Waals surface area (Å²) in [4.78, 5) is 12.2. The molecule has 0 radical (unpaired) electrons. The largest absolute Gasteiger partial charge is 0.320 e. The molecule has 0 aliphatic carbocycles. The molecule has 0 saturated heterocycles. The molecule has 1 amide bonds. The van der Waals surface area contributed by atoms with Gasteiger partial charge in [0.2, 0.25) is 0 Å². The normalized spacial score (nSPS) is 15.2. The summed E-state index contributed by atoms with van der Waals surface area (Å²) in [6.45, 7) is 1.95. The predicted octanol–water partition coefficient (Wildman–Crippen LogP) is 5.15. The molecule has 106 valence electrons. The summed E-state index contributed by atoms with van der Waals surface area (Å²) in [5, 5.41) is 2.87. The van der Waals surface area contributed by atoms with Gasteiger partial charge in [-0.05, 0) is 58.3 Å². The van der Waals surface area contributed by atoms with Crippen molar-refractivity contribution < 1.29 is 9.18 Å². The minimum atomic E-state index is -0.296. The van der Waals surface area contributed by atoms with Gasteiger partial charge in [-0.1, -0.05) is 28.1 Å². The first-order valence-electron chi connectivity index (χ1n) is 6.25. The van der Waals surface area contributed by atoms with Gasteiger partial charge in [0.15, 0.2) is 0 Å². The van der Waals surface area contributed by atoms with Crippen LogP contribution in [0.5, 0.6) is 0 Å². The number of carbonyl (C=O) groups is 1. The Labute approximate surface area is 138 Å². The van der Waals surface area contributed by atoms with E-state index in [0.717, 1.165) is 31.3 Å². The number of hydrogen-bond donors (Lipinski definition) is 1. The zero-order valence-electron chi connectivity index (χ0n) is 11.0. The highest BCUT2D eigenvalue weighted by atomic mass is 79.9. The van der Waals surface area contributed by atoms with Gasteiger partial charge in [0.1, 0.15) is 5.82 Å². The van der Waals surface area contributed by atoms with Crippen molar-refractivity contribution in [1.82, 2.24) is 0 Å². The Balaban J connectivity index is 2.19. The fraction of sp³-hybridized carbons (Fsp3) is 0.0625. The summed E-state index contributed by atoms with van der Waals surface area (Å²) in [7, 11) is 0. The highest BCUT2D eigenvalue weighted by Crippen LogP contribution is 2.43. The smallest absolute Gasteiger partial charge is 0.256 e. The molecule has 0 bridgehead atoms. The van der Waals surface area contributed by atoms with Gasteiger partial charge in [0.05, 0.1) is 5.69 Å². The number of carbonyl (C=O) groups excluding carboxylic acids is 1. The third-order valence-corrected chi connectivity index (χ3v) is 4.86. The van der Waals surface area contributed by atoms with Crippen LogP contribution in [-0.4, -0.2) is 5.91 Å². The fourth-order valence-electron chi connectivity index (χ4n) is 2.33. The number of rotatable bonds is 1. The van der Waals surface area contributed by atoms with E-state index in [1.807, 2.05) is 13.0 Å². The van der Waals surface area contributed by atoms with E-state index in [0.29, 0.717) is 5.57 Å². The van der Waals surface area contributed by atoms with Gasteiger partial charge in [0, 0.05) is 20.1 Å². The van der Waals surface area contributed by atoms with Gasteiger partial charge >= 0.3 is 0 Å². The fourth-order valence-corrected chi connectivity index (χ4v) is 3.60. The van der Waals surface area contributed by atoms with Gasteiger partial charge in [-0.15, -0.1) is 0 Å². The van der Waals surface area contributed by atoms with Crippen molar-refractivity contribution in [1.29, 1.82) is 0 Å². The minimum absolute atomic E-state index is 0.156. The van der Waals surface area contributed by atoms with Crippen molar-refractivity contribution in [3.63, 3.8) is 0 Å². The molecule has 1 N–H and O–H groups in total. The second-order valence-electron chi connectivity index (χ2n) is 4.78. The molecule has 3 rings (SSSR count). The van der Waals surface area contributed by atoms with E-state index in [1.54, 1.807) is 18.2 Å². The Kier molecular flexibility index (Phi) is 3.71. The second-order valence-corrected chi connectivity index (χ2v) is 6.49. The molecule has 2 nitrogen and oxygen atoms in total. The Hall–Kier alpha value is -1.46. The molecule has 1 heterocycles. The SMILES string of the molecule is Cc1c(Br)cc(Br)c2c1C(=Cc1ccc(F)cc1)C(=O)N2. The number of halogens is 3. The van der Waals surface area contributed by atoms with E-state index >= 15 is 0 Å². The van der Waals surface area contributed by atoms with Crippen molar-refractivity contribution in [3.05, 3.63) is 61.8 Å². The van der Waals surface area contributed by atoms with Crippen LogP contribution >= 0.6 is 31.9 Å². The molecule has 0 spiro atoms. The predicted molar refractivity (Wildman–Crippen MR) is 89.5 cm³/mol. The number of hydrogen-bond acceptors (Lipinski definition) is 1. The van der Waals surface area contributed by atoms with Crippen LogP contribution in [0.3, 0.4) is 0 Å². The Bertz CT molecular complexity index is 782. The van der Waals surface area contributed by atoms with Crippen molar-refractivity contribution >= 4 is 55.1 Å². The lowest BCUT2D eigenvalue weighted by Gasteiger charge is -2.08. The molecule has 0 aromatic heterocycles. The third kappa shape index (κ3) is 2.56. The van der Waals surface area contributed by atoms with E-state index in [9.17, 15) is 9.18 Å². The number of nitrogens with one attached hydrogen (secondary N) is 1. The Morgan fingerprint density at radius 2 is 1.81 bits per heavy atom. The van der Waals surface area contributed by atoms with Crippen molar-refractivity contribution in [2.75, 3.05) is 5.32 Å². The van der Waals surface area contributed by atoms with Crippen LogP contribution in [0.2, 0.25) is 0 Å². The quantitative estimate of drug-likeness (QED) is 0.647. The minimum Gasteiger partial charge on any atom is -0.320 e. The van der Waals surface area contributed by atoms with Gasteiger partial charge in [0.25, 0.3) is 5.91 Å². The molecule has 21 heavy (non-hydrogen) atoms. The first-order chi connectivity index (χ1) is 9.97. The first-order valence-corrected chi connectivity index (χ1v) is 7.83. The topological polar surface area (TPSA) is 29.1 Å². The molecule has 5 heteroatoms. The molecular weight excluding hydrogens is 401 g/mol. The summed E-state index contributed by atoms with van der Waals surface area (Å²) in [6.07, 6.45) is 1.77. The first kappa shape index (κ1) is 14.5. The summed E-state index contributed by atoms with van der Waals surface area (Å²) < 4.78 is 14.7. The van der Waals surface area contributed by atoms with Crippen molar-refractivity contribution in [2.24, 2.45) is 0 Å². The molecule has 2 aromatic carbocycles. The molecule has 2 aromatic rings. The summed E-state index contributed by atoms with van der Waals surface area (Å²) in [5.41, 5.74) is 3.99. The summed E-state index contributed by atoms with van der Waals surface area (Å²) >= 11 is 6.96. The average molecular weight is 411 g/mol. The van der Waals surface area contributed by atoms with Crippen LogP contribution in [0.1, 0.15) is 16.7 Å². The van der Waals surface area contributed by atoms with Gasteiger partial charge in [-0.3, -0.25) is 4.79 Å². The monoisotopic (exact) mass is 409 g/mol. The van der Waals surface area contributed by atoms with Crippen LogP contribution in [0.15, 0.2) is 39.3 Å². The molecule has 0 unspecified atom stereocenters. The van der Waals surface area contributed by atoms with Gasteiger partial charge in [-0.25, -0.2) is 4.39 Å². The van der Waals surface area contributed by atoms with Gasteiger partial charge < -0.3 is 5.32 Å². The van der Waals surface area contributed by atoms with Crippen molar-refractivity contribution in [3.8, 4) is 0 Å². The molecular formula is C16H10Br2FNO. The lowest BCUT2D eigenvalue weighted by molar-refractivity contribution is -0.110. The lowest BCUT2D eigenvalue weighted by atomic mass is 9.99. The molecule has 1 aliphatic heterocycles. The maximum absolute atomic E-state index is 13.0. The number of amides is 1. The maximum Gasteiger partial charge on any atom is 0.256 e. The molecule has 0 atom stereocenters. The lowest BCUT2D eigenvalue weighted by Crippen LogP contribution is -2.03. The second kappa shape index (κ2) is 5.39. The van der Waals surface area contributed by atoms with E-state index in [2.05, 4.69) is 37.2 Å². The molecule has 0 saturated carbocycles. The standard InChI is InChI=1S/C16H10Br2FNO/c1-8-12(17)7-13(18)15-14(8)11(16(21)20-15)6-9-2-4-10(19)5-3-9/h2-7H,1H3,(H,20,21). The third-order valence-electron chi connectivity index (χ3n) is 3.41. The van der Waals surface area contributed by atoms with Crippen molar-refractivity contribution in [2.45, 2.75) is 6.92 Å². The molecule has 0 fully saturated rings. The molecule has 1 aliphatic rings. The van der Waals surface area contributed by atoms with Crippen LogP contribution in [0.4, 0.5) is 10.1 Å². The van der Waals surface area contributed by atoms with Crippen LogP contribution < -0.4 is 5.32 Å². The number of anilines is 1. The summed E-state index contributed by atoms with van der Waals surface area (Å²) in [6, 6.07) is 7.97. The Morgan fingerprint density at radius 3 is 2.48 bits per heavy atom. The van der Waals surface area contributed by atoms with E-state index in [1.165, 1.54) is 12.1 Å². The number of benzene rings is 2.